The number of hydrogen-bond donors (Lipinski definition) is 1. The van der Waals surface area contributed by atoms with E-state index in [1.807, 2.05) is 29.2 Å². The van der Waals surface area contributed by atoms with E-state index < -0.39 is 0 Å². The molecule has 2 aromatic rings. The Morgan fingerprint density at radius 2 is 1.96 bits per heavy atom. The van der Waals surface area contributed by atoms with Gasteiger partial charge in [-0.1, -0.05) is 19.1 Å². The zero-order valence-electron chi connectivity index (χ0n) is 15.5. The van der Waals surface area contributed by atoms with E-state index in [1.165, 1.54) is 0 Å². The summed E-state index contributed by atoms with van der Waals surface area (Å²) in [6.45, 7) is 3.65. The second kappa shape index (κ2) is 6.74. The monoisotopic (exact) mass is 354 g/mol. The van der Waals surface area contributed by atoms with E-state index in [1.54, 1.807) is 7.11 Å². The number of benzene rings is 1. The molecule has 6 nitrogen and oxygen atoms in total. The largest absolute Gasteiger partial charge is 0.497 e. The Labute approximate surface area is 154 Å². The fourth-order valence-corrected chi connectivity index (χ4v) is 3.96. The molecule has 1 aromatic heterocycles. The van der Waals surface area contributed by atoms with Gasteiger partial charge in [-0.15, -0.1) is 0 Å². The van der Waals surface area contributed by atoms with Crippen molar-refractivity contribution < 1.29 is 9.53 Å². The maximum absolute atomic E-state index is 13.2. The van der Waals surface area contributed by atoms with Gasteiger partial charge in [0.25, 0.3) is 0 Å². The quantitative estimate of drug-likeness (QED) is 0.896. The fraction of sp³-hybridized carbons (Fsp3) is 0.550. The molecule has 2 fully saturated rings. The first kappa shape index (κ1) is 17.1. The molecule has 1 amide bonds. The molecule has 1 N–H and O–H groups in total. The number of rotatable bonds is 5. The number of piperidine rings is 1. The maximum Gasteiger partial charge on any atom is 0.233 e. The predicted molar refractivity (Wildman–Crippen MR) is 98.2 cm³/mol. The van der Waals surface area contributed by atoms with Crippen molar-refractivity contribution in [2.45, 2.75) is 50.4 Å². The number of aromatic nitrogens is 3. The average Bonchev–Trinajstić information content (AvgIpc) is 3.37. The number of aromatic amines is 1. The van der Waals surface area contributed by atoms with Crippen LogP contribution in [0.15, 0.2) is 24.3 Å². The molecule has 4 rings (SSSR count). The number of H-pyrrole nitrogens is 1. The molecule has 2 aliphatic rings. The molecule has 26 heavy (non-hydrogen) atoms. The molecule has 1 aliphatic carbocycles. The summed E-state index contributed by atoms with van der Waals surface area (Å²) in [6, 6.07) is 7.97. The molecule has 138 valence electrons. The summed E-state index contributed by atoms with van der Waals surface area (Å²) in [5, 5.41) is 7.35. The molecule has 0 atom stereocenters. The maximum atomic E-state index is 13.2. The zero-order valence-corrected chi connectivity index (χ0v) is 15.5. The Balaban J connectivity index is 1.41. The topological polar surface area (TPSA) is 71.1 Å². The lowest BCUT2D eigenvalue weighted by molar-refractivity contribution is -0.135. The first-order chi connectivity index (χ1) is 12.7. The lowest BCUT2D eigenvalue weighted by Gasteiger charge is -2.33. The van der Waals surface area contributed by atoms with Crippen molar-refractivity contribution in [3.8, 4) is 5.75 Å². The third kappa shape index (κ3) is 2.97. The van der Waals surface area contributed by atoms with Crippen LogP contribution in [0.1, 0.15) is 55.7 Å². The molecule has 1 saturated heterocycles. The minimum Gasteiger partial charge on any atom is -0.497 e. The van der Waals surface area contributed by atoms with Crippen LogP contribution in [-0.2, 0) is 16.6 Å². The van der Waals surface area contributed by atoms with E-state index in [2.05, 4.69) is 22.1 Å². The fourth-order valence-electron chi connectivity index (χ4n) is 3.96. The number of likely N-dealkylation sites (tertiary alicyclic amines) is 1. The van der Waals surface area contributed by atoms with Crippen LogP contribution < -0.4 is 4.74 Å². The molecular weight excluding hydrogens is 328 g/mol. The summed E-state index contributed by atoms with van der Waals surface area (Å²) in [4.78, 5) is 19.8. The van der Waals surface area contributed by atoms with Gasteiger partial charge < -0.3 is 9.64 Å². The molecular formula is C20H26N4O2. The SMILES string of the molecule is CCc1nc(C2CCN(C(=O)C3(c4ccc(OC)cc4)CC3)CC2)n[nH]1. The van der Waals surface area contributed by atoms with Gasteiger partial charge in [0.2, 0.25) is 5.91 Å². The number of ether oxygens (including phenoxy) is 1. The van der Waals surface area contributed by atoms with Gasteiger partial charge in [-0.2, -0.15) is 5.10 Å². The van der Waals surface area contributed by atoms with Gasteiger partial charge in [0, 0.05) is 25.4 Å². The van der Waals surface area contributed by atoms with Crippen LogP contribution in [0.3, 0.4) is 0 Å². The van der Waals surface area contributed by atoms with E-state index >= 15 is 0 Å². The Bertz CT molecular complexity index is 771. The van der Waals surface area contributed by atoms with Crippen molar-refractivity contribution >= 4 is 5.91 Å². The summed E-state index contributed by atoms with van der Waals surface area (Å²) in [6.07, 6.45) is 4.63. The third-order valence-corrected chi connectivity index (χ3v) is 5.83. The van der Waals surface area contributed by atoms with Crippen LogP contribution in [0.25, 0.3) is 0 Å². The summed E-state index contributed by atoms with van der Waals surface area (Å²) >= 11 is 0. The van der Waals surface area contributed by atoms with E-state index in [0.29, 0.717) is 5.92 Å². The van der Waals surface area contributed by atoms with Gasteiger partial charge in [0.05, 0.1) is 12.5 Å². The standard InChI is InChI=1S/C20H26N4O2/c1-3-17-21-18(23-22-17)14-8-12-24(13-9-14)19(25)20(10-11-20)15-4-6-16(26-2)7-5-15/h4-7,14H,3,8-13H2,1-2H3,(H,21,22,23). The summed E-state index contributed by atoms with van der Waals surface area (Å²) in [5.41, 5.74) is 0.811. The first-order valence-corrected chi connectivity index (χ1v) is 9.51. The highest BCUT2D eigenvalue weighted by Crippen LogP contribution is 2.50. The van der Waals surface area contributed by atoms with Gasteiger partial charge in [0.15, 0.2) is 5.82 Å². The van der Waals surface area contributed by atoms with Gasteiger partial charge in [-0.05, 0) is 43.4 Å². The number of nitrogens with zero attached hydrogens (tertiary/aromatic N) is 3. The number of aryl methyl sites for hydroxylation is 1. The Morgan fingerprint density at radius 1 is 1.27 bits per heavy atom. The second-order valence-corrected chi connectivity index (χ2v) is 7.37. The normalized spacial score (nSPS) is 19.4. The van der Waals surface area contributed by atoms with Crippen molar-refractivity contribution in [2.24, 2.45) is 0 Å². The van der Waals surface area contributed by atoms with Crippen molar-refractivity contribution in [3.63, 3.8) is 0 Å². The first-order valence-electron chi connectivity index (χ1n) is 9.51. The van der Waals surface area contributed by atoms with Gasteiger partial charge in [0.1, 0.15) is 11.6 Å². The number of carbonyl (C=O) groups excluding carboxylic acids is 1. The van der Waals surface area contributed by atoms with Gasteiger partial charge >= 0.3 is 0 Å². The molecule has 0 spiro atoms. The highest BCUT2D eigenvalue weighted by molar-refractivity contribution is 5.91. The van der Waals surface area contributed by atoms with Gasteiger partial charge in [-0.3, -0.25) is 9.89 Å². The summed E-state index contributed by atoms with van der Waals surface area (Å²) < 4.78 is 5.23. The second-order valence-electron chi connectivity index (χ2n) is 7.37. The van der Waals surface area contributed by atoms with Crippen LogP contribution in [0.2, 0.25) is 0 Å². The van der Waals surface area contributed by atoms with E-state index in [-0.39, 0.29) is 11.3 Å². The lowest BCUT2D eigenvalue weighted by atomic mass is 9.91. The smallest absolute Gasteiger partial charge is 0.233 e. The predicted octanol–water partition coefficient (Wildman–Crippen LogP) is 2.81. The van der Waals surface area contributed by atoms with Crippen LogP contribution in [0.4, 0.5) is 0 Å². The van der Waals surface area contributed by atoms with Crippen LogP contribution in [-0.4, -0.2) is 46.2 Å². The number of methoxy groups -OCH3 is 1. The highest BCUT2D eigenvalue weighted by atomic mass is 16.5. The average molecular weight is 354 g/mol. The zero-order chi connectivity index (χ0) is 18.1. The molecule has 1 saturated carbocycles. The van der Waals surface area contributed by atoms with Crippen LogP contribution in [0, 0.1) is 0 Å². The van der Waals surface area contributed by atoms with E-state index in [9.17, 15) is 4.79 Å². The summed E-state index contributed by atoms with van der Waals surface area (Å²) in [5.74, 6) is 3.31. The van der Waals surface area contributed by atoms with Crippen molar-refractivity contribution in [2.75, 3.05) is 20.2 Å². The molecule has 1 aromatic carbocycles. The van der Waals surface area contributed by atoms with Crippen molar-refractivity contribution in [1.82, 2.24) is 20.1 Å². The molecule has 0 unspecified atom stereocenters. The van der Waals surface area contributed by atoms with Crippen molar-refractivity contribution in [1.29, 1.82) is 0 Å². The van der Waals surface area contributed by atoms with E-state index in [0.717, 1.165) is 68.2 Å². The minimum atomic E-state index is -0.306. The molecule has 6 heteroatoms. The number of amides is 1. The minimum absolute atomic E-state index is 0.283. The van der Waals surface area contributed by atoms with E-state index in [4.69, 9.17) is 4.74 Å². The molecule has 2 heterocycles. The van der Waals surface area contributed by atoms with Crippen LogP contribution >= 0.6 is 0 Å². The number of hydrogen-bond acceptors (Lipinski definition) is 4. The lowest BCUT2D eigenvalue weighted by Crippen LogP contribution is -2.43. The Morgan fingerprint density at radius 3 is 2.50 bits per heavy atom. The molecule has 1 aliphatic heterocycles. The van der Waals surface area contributed by atoms with Crippen LogP contribution in [0.5, 0.6) is 5.75 Å². The van der Waals surface area contributed by atoms with Gasteiger partial charge in [-0.25, -0.2) is 4.98 Å². The number of carbonyl (C=O) groups is 1. The molecule has 0 bridgehead atoms. The Hall–Kier alpha value is -2.37. The highest BCUT2D eigenvalue weighted by Gasteiger charge is 2.53. The Kier molecular flexibility index (Phi) is 4.42. The summed E-state index contributed by atoms with van der Waals surface area (Å²) in [7, 11) is 1.66. The number of nitrogens with one attached hydrogen (secondary N) is 1. The molecule has 0 radical (unpaired) electrons. The third-order valence-electron chi connectivity index (χ3n) is 5.83. The van der Waals surface area contributed by atoms with Crippen molar-refractivity contribution in [3.05, 3.63) is 41.5 Å².